The molecule has 4 aromatic rings. The van der Waals surface area contributed by atoms with Crippen LogP contribution in [0.3, 0.4) is 0 Å². The van der Waals surface area contributed by atoms with E-state index in [9.17, 15) is 18.0 Å². The van der Waals surface area contributed by atoms with Crippen molar-refractivity contribution in [2.75, 3.05) is 11.9 Å². The van der Waals surface area contributed by atoms with Gasteiger partial charge in [0.25, 0.3) is 5.56 Å². The number of aromatic nitrogens is 5. The van der Waals surface area contributed by atoms with E-state index in [1.165, 1.54) is 11.8 Å². The first-order chi connectivity index (χ1) is 17.6. The zero-order valence-electron chi connectivity index (χ0n) is 21.5. The molecule has 4 heterocycles. The Bertz CT molecular complexity index is 1600. The second kappa shape index (κ2) is 9.06. The van der Waals surface area contributed by atoms with Crippen LogP contribution in [0.2, 0.25) is 4.34 Å². The van der Waals surface area contributed by atoms with Gasteiger partial charge in [0.15, 0.2) is 5.65 Å². The van der Waals surface area contributed by atoms with Crippen LogP contribution in [0.4, 0.5) is 24.8 Å². The van der Waals surface area contributed by atoms with Crippen LogP contribution in [0.1, 0.15) is 51.4 Å². The Hall–Kier alpha value is -2.96. The van der Waals surface area contributed by atoms with E-state index < -0.39 is 23.7 Å². The van der Waals surface area contributed by atoms with E-state index in [1.54, 1.807) is 0 Å². The van der Waals surface area contributed by atoms with Gasteiger partial charge in [0.2, 0.25) is 11.1 Å². The van der Waals surface area contributed by atoms with Gasteiger partial charge < -0.3 is 10.6 Å². The van der Waals surface area contributed by atoms with Gasteiger partial charge in [0, 0.05) is 35.8 Å². The highest BCUT2D eigenvalue weighted by atomic mass is 35.5. The SMILES string of the molecule is CC(C)(C)c1nc(-n2c3nc(Nc4ccc5c(c4)CNCC5(C)C)ncc3c(=O)n2CC(F)(F)F)sc1Cl. The molecule has 0 spiro atoms. The van der Waals surface area contributed by atoms with Crippen molar-refractivity contribution in [3.8, 4) is 5.13 Å². The summed E-state index contributed by atoms with van der Waals surface area (Å²) in [6.45, 7) is 10.1. The lowest BCUT2D eigenvalue weighted by Gasteiger charge is -2.33. The molecular weight excluding hydrogens is 539 g/mol. The lowest BCUT2D eigenvalue weighted by Crippen LogP contribution is -2.38. The van der Waals surface area contributed by atoms with Crippen molar-refractivity contribution in [1.29, 1.82) is 0 Å². The number of anilines is 2. The fraction of sp³-hybridized carbons (Fsp3) is 0.440. The van der Waals surface area contributed by atoms with E-state index in [1.807, 2.05) is 32.9 Å². The fourth-order valence-corrected chi connectivity index (χ4v) is 6.20. The number of benzene rings is 1. The Morgan fingerprint density at radius 3 is 2.61 bits per heavy atom. The zero-order valence-corrected chi connectivity index (χ0v) is 23.1. The fourth-order valence-electron chi connectivity index (χ4n) is 4.65. The molecule has 0 amide bonds. The Morgan fingerprint density at radius 1 is 1.21 bits per heavy atom. The summed E-state index contributed by atoms with van der Waals surface area (Å²) in [6.07, 6.45) is -3.41. The Balaban J connectivity index is 1.63. The van der Waals surface area contributed by atoms with Crippen molar-refractivity contribution in [2.24, 2.45) is 0 Å². The summed E-state index contributed by atoms with van der Waals surface area (Å²) in [4.78, 5) is 26.3. The lowest BCUT2D eigenvalue weighted by atomic mass is 9.79. The molecule has 5 rings (SSSR count). The number of rotatable bonds is 4. The minimum atomic E-state index is -4.65. The highest BCUT2D eigenvalue weighted by Gasteiger charge is 2.33. The first-order valence-electron chi connectivity index (χ1n) is 12.0. The predicted molar refractivity (Wildman–Crippen MR) is 143 cm³/mol. The first kappa shape index (κ1) is 26.6. The third kappa shape index (κ3) is 4.92. The van der Waals surface area contributed by atoms with E-state index in [4.69, 9.17) is 11.6 Å². The molecule has 1 aliphatic heterocycles. The van der Waals surface area contributed by atoms with Crippen LogP contribution in [-0.2, 0) is 23.9 Å². The molecule has 0 aliphatic carbocycles. The van der Waals surface area contributed by atoms with Crippen molar-refractivity contribution in [3.63, 3.8) is 0 Å². The van der Waals surface area contributed by atoms with Crippen LogP contribution in [-0.4, -0.2) is 37.0 Å². The maximum absolute atomic E-state index is 13.5. The summed E-state index contributed by atoms with van der Waals surface area (Å²) in [6, 6.07) is 5.96. The molecule has 0 bridgehead atoms. The van der Waals surface area contributed by atoms with Gasteiger partial charge in [-0.25, -0.2) is 19.3 Å². The number of hydrogen-bond acceptors (Lipinski definition) is 7. The van der Waals surface area contributed by atoms with Crippen LogP contribution in [0.5, 0.6) is 0 Å². The largest absolute Gasteiger partial charge is 0.408 e. The molecule has 0 atom stereocenters. The van der Waals surface area contributed by atoms with Gasteiger partial charge in [-0.15, -0.1) is 0 Å². The number of nitrogens with zero attached hydrogens (tertiary/aromatic N) is 5. The van der Waals surface area contributed by atoms with Crippen LogP contribution >= 0.6 is 22.9 Å². The minimum Gasteiger partial charge on any atom is -0.324 e. The van der Waals surface area contributed by atoms with Crippen LogP contribution in [0.25, 0.3) is 16.2 Å². The maximum Gasteiger partial charge on any atom is 0.408 e. The number of hydrogen-bond donors (Lipinski definition) is 2. The van der Waals surface area contributed by atoms with Crippen molar-refractivity contribution in [2.45, 2.75) is 64.7 Å². The van der Waals surface area contributed by atoms with Crippen molar-refractivity contribution in [3.05, 3.63) is 55.9 Å². The molecule has 13 heteroatoms. The van der Waals surface area contributed by atoms with Gasteiger partial charge in [-0.05, 0) is 23.3 Å². The number of alkyl halides is 3. The van der Waals surface area contributed by atoms with Crippen molar-refractivity contribution >= 4 is 45.6 Å². The normalized spacial score (nSPS) is 15.6. The summed E-state index contributed by atoms with van der Waals surface area (Å²) in [5, 5.41) is 6.60. The second-order valence-electron chi connectivity index (χ2n) is 11.1. The summed E-state index contributed by atoms with van der Waals surface area (Å²) < 4.78 is 42.5. The van der Waals surface area contributed by atoms with Crippen molar-refractivity contribution in [1.82, 2.24) is 29.6 Å². The maximum atomic E-state index is 13.5. The molecule has 0 fully saturated rings. The molecule has 0 saturated carbocycles. The molecule has 3 aromatic heterocycles. The van der Waals surface area contributed by atoms with Gasteiger partial charge in [0.1, 0.15) is 16.3 Å². The summed E-state index contributed by atoms with van der Waals surface area (Å²) in [7, 11) is 0. The van der Waals surface area contributed by atoms with Gasteiger partial charge in [-0.1, -0.05) is 63.6 Å². The quantitative estimate of drug-likeness (QED) is 0.331. The molecule has 0 saturated heterocycles. The lowest BCUT2D eigenvalue weighted by molar-refractivity contribution is -0.144. The van der Waals surface area contributed by atoms with E-state index in [0.29, 0.717) is 14.7 Å². The van der Waals surface area contributed by atoms with Gasteiger partial charge >= 0.3 is 6.18 Å². The van der Waals surface area contributed by atoms with E-state index in [0.717, 1.165) is 40.4 Å². The van der Waals surface area contributed by atoms with Gasteiger partial charge in [-0.2, -0.15) is 18.2 Å². The van der Waals surface area contributed by atoms with E-state index in [-0.39, 0.29) is 27.5 Å². The monoisotopic (exact) mass is 565 g/mol. The number of thiazole rings is 1. The highest BCUT2D eigenvalue weighted by molar-refractivity contribution is 7.18. The Morgan fingerprint density at radius 2 is 1.95 bits per heavy atom. The smallest absolute Gasteiger partial charge is 0.324 e. The topological polar surface area (TPSA) is 89.7 Å². The molecule has 1 aliphatic rings. The zero-order chi connectivity index (χ0) is 27.6. The van der Waals surface area contributed by atoms with Crippen LogP contribution in [0, 0.1) is 0 Å². The van der Waals surface area contributed by atoms with Gasteiger partial charge in [-0.3, -0.25) is 4.79 Å². The summed E-state index contributed by atoms with van der Waals surface area (Å²) in [5.74, 6) is 0.136. The average molecular weight is 566 g/mol. The van der Waals surface area contributed by atoms with Crippen LogP contribution < -0.4 is 16.2 Å². The number of fused-ring (bicyclic) bond motifs is 2. The second-order valence-corrected chi connectivity index (χ2v) is 12.7. The molecule has 38 heavy (non-hydrogen) atoms. The van der Waals surface area contributed by atoms with E-state index >= 15 is 0 Å². The number of nitrogens with one attached hydrogen (secondary N) is 2. The molecular formula is C25H27ClF3N7OS. The molecule has 1 aromatic carbocycles. The van der Waals surface area contributed by atoms with Crippen LogP contribution in [0.15, 0.2) is 29.2 Å². The highest BCUT2D eigenvalue weighted by Crippen LogP contribution is 2.36. The standard InChI is InChI=1S/C25H27ClF3N7OS/c1-23(2,3)17-18(26)38-22(33-17)36-19-15(20(37)35(36)12-25(27,28)29)10-31-21(34-19)32-14-6-7-16-13(8-14)9-30-11-24(16,4)5/h6-8,10,30H,9,11-12H2,1-5H3,(H,31,32,34). The third-order valence-electron chi connectivity index (χ3n) is 6.44. The summed E-state index contributed by atoms with van der Waals surface area (Å²) in [5.41, 5.74) is 2.28. The summed E-state index contributed by atoms with van der Waals surface area (Å²) >= 11 is 7.41. The Labute approximate surface area is 225 Å². The molecule has 0 radical (unpaired) electrons. The van der Waals surface area contributed by atoms with Gasteiger partial charge in [0.05, 0.1) is 5.69 Å². The van der Waals surface area contributed by atoms with E-state index in [2.05, 4.69) is 45.5 Å². The molecule has 202 valence electrons. The molecule has 0 unspecified atom stereocenters. The molecule has 2 N–H and O–H groups in total. The predicted octanol–water partition coefficient (Wildman–Crippen LogP) is 5.68. The minimum absolute atomic E-state index is 0.00314. The third-order valence-corrected chi connectivity index (χ3v) is 7.67. The first-order valence-corrected chi connectivity index (χ1v) is 13.2. The average Bonchev–Trinajstić information content (AvgIpc) is 3.30. The number of halogens is 4. The Kier molecular flexibility index (Phi) is 6.35. The van der Waals surface area contributed by atoms with Crippen molar-refractivity contribution < 1.29 is 13.2 Å². The molecule has 8 nitrogen and oxygen atoms in total.